The van der Waals surface area contributed by atoms with Gasteiger partial charge in [0, 0.05) is 36.5 Å². The Balaban J connectivity index is 1.49. The predicted octanol–water partition coefficient (Wildman–Crippen LogP) is 0.318. The van der Waals surface area contributed by atoms with Crippen molar-refractivity contribution in [2.75, 3.05) is 13.2 Å². The molecule has 11 nitrogen and oxygen atoms in total. The molecular weight excluding hydrogens is 502 g/mol. The summed E-state index contributed by atoms with van der Waals surface area (Å²) in [5, 5.41) is 25.2. The number of amides is 3. The molecule has 0 bridgehead atoms. The number of aliphatic carboxylic acids is 1. The highest BCUT2D eigenvalue weighted by atomic mass is 16.4. The zero-order chi connectivity index (χ0) is 27.9. The quantitative estimate of drug-likeness (QED) is 0.205. The molecule has 3 amide bonds. The molecule has 0 radical (unpaired) electrons. The standard InChI is InChI=1S/C28H33N5O6/c29-20(16-34)25(35)31-22(13-17-7-2-1-3-8-17)27(37)33-12-6-11-24(33)26(36)32-23(28(38)39)14-18-15-30-21-10-5-4-9-19(18)21/h1-5,7-10,15,20,22-24,30,34H,6,11-14,16,29H2,(H,31,35)(H,32,36)(H,38,39). The van der Waals surface area contributed by atoms with Crippen molar-refractivity contribution in [3.63, 3.8) is 0 Å². The summed E-state index contributed by atoms with van der Waals surface area (Å²) in [6.45, 7) is -0.301. The number of H-pyrrole nitrogens is 1. The Morgan fingerprint density at radius 2 is 1.72 bits per heavy atom. The number of nitrogens with one attached hydrogen (secondary N) is 3. The first-order valence-electron chi connectivity index (χ1n) is 12.9. The number of benzene rings is 2. The molecule has 2 aromatic carbocycles. The van der Waals surface area contributed by atoms with Crippen LogP contribution in [0.25, 0.3) is 10.9 Å². The number of hydrogen-bond donors (Lipinski definition) is 6. The van der Waals surface area contributed by atoms with Gasteiger partial charge in [-0.2, -0.15) is 0 Å². The van der Waals surface area contributed by atoms with Gasteiger partial charge in [-0.15, -0.1) is 0 Å². The summed E-state index contributed by atoms with van der Waals surface area (Å²) >= 11 is 0. The van der Waals surface area contributed by atoms with E-state index in [0.717, 1.165) is 22.0 Å². The molecule has 7 N–H and O–H groups in total. The molecule has 2 heterocycles. The van der Waals surface area contributed by atoms with E-state index in [9.17, 15) is 29.4 Å². The van der Waals surface area contributed by atoms with Gasteiger partial charge in [-0.1, -0.05) is 48.5 Å². The number of carbonyl (C=O) groups is 4. The fourth-order valence-electron chi connectivity index (χ4n) is 4.90. The first-order valence-corrected chi connectivity index (χ1v) is 12.9. The van der Waals surface area contributed by atoms with Crippen molar-refractivity contribution in [3.8, 4) is 0 Å². The molecular formula is C28H33N5O6. The summed E-state index contributed by atoms with van der Waals surface area (Å²) in [7, 11) is 0. The molecule has 0 spiro atoms. The summed E-state index contributed by atoms with van der Waals surface area (Å²) in [6.07, 6.45) is 2.86. The summed E-state index contributed by atoms with van der Waals surface area (Å²) in [6, 6.07) is 12.3. The van der Waals surface area contributed by atoms with Crippen LogP contribution in [-0.2, 0) is 32.0 Å². The number of likely N-dealkylation sites (tertiary alicyclic amines) is 1. The van der Waals surface area contributed by atoms with E-state index in [1.165, 1.54) is 4.90 Å². The Morgan fingerprint density at radius 1 is 1.00 bits per heavy atom. The smallest absolute Gasteiger partial charge is 0.326 e. The molecule has 0 saturated carbocycles. The van der Waals surface area contributed by atoms with E-state index in [4.69, 9.17) is 5.73 Å². The van der Waals surface area contributed by atoms with Gasteiger partial charge in [0.25, 0.3) is 0 Å². The number of carboxylic acids is 1. The monoisotopic (exact) mass is 535 g/mol. The first kappa shape index (κ1) is 27.8. The van der Waals surface area contributed by atoms with Crippen LogP contribution in [0.2, 0.25) is 0 Å². The van der Waals surface area contributed by atoms with Crippen molar-refractivity contribution < 1.29 is 29.4 Å². The number of carbonyl (C=O) groups excluding carboxylic acids is 3. The highest BCUT2D eigenvalue weighted by Crippen LogP contribution is 2.22. The lowest BCUT2D eigenvalue weighted by molar-refractivity contribution is -0.145. The lowest BCUT2D eigenvalue weighted by Crippen LogP contribution is -2.57. The van der Waals surface area contributed by atoms with Crippen LogP contribution in [0.3, 0.4) is 0 Å². The van der Waals surface area contributed by atoms with Gasteiger partial charge in [-0.25, -0.2) is 4.79 Å². The van der Waals surface area contributed by atoms with Crippen LogP contribution in [-0.4, -0.2) is 81.1 Å². The Bertz CT molecular complexity index is 1330. The van der Waals surface area contributed by atoms with E-state index in [1.54, 1.807) is 6.20 Å². The average molecular weight is 536 g/mol. The Kier molecular flexibility index (Phi) is 8.95. The van der Waals surface area contributed by atoms with Crippen LogP contribution in [0.1, 0.15) is 24.0 Å². The van der Waals surface area contributed by atoms with E-state index >= 15 is 0 Å². The maximum atomic E-state index is 13.6. The van der Waals surface area contributed by atoms with Crippen LogP contribution in [0.5, 0.6) is 0 Å². The second-order valence-corrected chi connectivity index (χ2v) is 9.69. The Hall–Kier alpha value is -4.22. The third-order valence-corrected chi connectivity index (χ3v) is 6.98. The largest absolute Gasteiger partial charge is 0.480 e. The molecule has 39 heavy (non-hydrogen) atoms. The van der Waals surface area contributed by atoms with Crippen LogP contribution in [0.15, 0.2) is 60.8 Å². The molecule has 0 aliphatic carbocycles. The van der Waals surface area contributed by atoms with Crippen molar-refractivity contribution in [1.82, 2.24) is 20.5 Å². The van der Waals surface area contributed by atoms with E-state index in [1.807, 2.05) is 54.6 Å². The first-order chi connectivity index (χ1) is 18.8. The third-order valence-electron chi connectivity index (χ3n) is 6.98. The molecule has 4 rings (SSSR count). The van der Waals surface area contributed by atoms with Crippen LogP contribution < -0.4 is 16.4 Å². The second kappa shape index (κ2) is 12.5. The molecule has 1 aromatic heterocycles. The average Bonchev–Trinajstić information content (AvgIpc) is 3.59. The molecule has 11 heteroatoms. The van der Waals surface area contributed by atoms with Gasteiger partial charge in [0.15, 0.2) is 0 Å². The number of hydrogen-bond acceptors (Lipinski definition) is 6. The molecule has 3 aromatic rings. The topological polar surface area (TPSA) is 178 Å². The molecule has 1 aliphatic rings. The number of aliphatic hydroxyl groups is 1. The summed E-state index contributed by atoms with van der Waals surface area (Å²) in [4.78, 5) is 56.0. The summed E-state index contributed by atoms with van der Waals surface area (Å²) < 4.78 is 0. The lowest BCUT2D eigenvalue weighted by atomic mass is 10.0. The number of aromatic amines is 1. The van der Waals surface area contributed by atoms with Crippen LogP contribution in [0, 0.1) is 0 Å². The maximum absolute atomic E-state index is 13.6. The van der Waals surface area contributed by atoms with E-state index in [-0.39, 0.29) is 19.4 Å². The van der Waals surface area contributed by atoms with Gasteiger partial charge in [0.05, 0.1) is 6.61 Å². The van der Waals surface area contributed by atoms with E-state index in [2.05, 4.69) is 15.6 Å². The number of nitrogens with zero attached hydrogens (tertiary/aromatic N) is 1. The van der Waals surface area contributed by atoms with Crippen molar-refractivity contribution in [2.45, 2.75) is 49.9 Å². The number of aliphatic hydroxyl groups excluding tert-OH is 1. The van der Waals surface area contributed by atoms with Crippen LogP contribution >= 0.6 is 0 Å². The number of carboxylic acid groups (broad SMARTS) is 1. The van der Waals surface area contributed by atoms with Gasteiger partial charge < -0.3 is 36.5 Å². The minimum atomic E-state index is -1.20. The summed E-state index contributed by atoms with van der Waals surface area (Å²) in [5.74, 6) is -2.91. The fraction of sp³-hybridized carbons (Fsp3) is 0.357. The number of fused-ring (bicyclic) bond motifs is 1. The van der Waals surface area contributed by atoms with Crippen molar-refractivity contribution in [2.24, 2.45) is 5.73 Å². The number of para-hydroxylation sites is 1. The molecule has 1 aliphatic heterocycles. The minimum Gasteiger partial charge on any atom is -0.480 e. The van der Waals surface area contributed by atoms with E-state index in [0.29, 0.717) is 12.8 Å². The molecule has 206 valence electrons. The Morgan fingerprint density at radius 3 is 2.44 bits per heavy atom. The predicted molar refractivity (Wildman–Crippen MR) is 143 cm³/mol. The summed E-state index contributed by atoms with van der Waals surface area (Å²) in [5.41, 5.74) is 8.06. The lowest BCUT2D eigenvalue weighted by Gasteiger charge is -2.30. The highest BCUT2D eigenvalue weighted by molar-refractivity contribution is 5.95. The SMILES string of the molecule is NC(CO)C(=O)NC(Cc1ccccc1)C(=O)N1CCCC1C(=O)NC(Cc1c[nH]c2ccccc12)C(=O)O. The third kappa shape index (κ3) is 6.62. The molecule has 4 atom stereocenters. The van der Waals surface area contributed by atoms with E-state index < -0.39 is 54.5 Å². The maximum Gasteiger partial charge on any atom is 0.326 e. The fourth-order valence-corrected chi connectivity index (χ4v) is 4.90. The van der Waals surface area contributed by atoms with Gasteiger partial charge in [-0.3, -0.25) is 14.4 Å². The molecule has 1 fully saturated rings. The van der Waals surface area contributed by atoms with Gasteiger partial charge >= 0.3 is 5.97 Å². The normalized spacial score (nSPS) is 17.4. The number of aromatic nitrogens is 1. The van der Waals surface area contributed by atoms with Crippen molar-refractivity contribution in [3.05, 3.63) is 71.9 Å². The van der Waals surface area contributed by atoms with Crippen LogP contribution in [0.4, 0.5) is 0 Å². The highest BCUT2D eigenvalue weighted by Gasteiger charge is 2.39. The van der Waals surface area contributed by atoms with Gasteiger partial charge in [0.2, 0.25) is 17.7 Å². The zero-order valence-electron chi connectivity index (χ0n) is 21.4. The molecule has 1 saturated heterocycles. The zero-order valence-corrected chi connectivity index (χ0v) is 21.4. The van der Waals surface area contributed by atoms with Gasteiger partial charge in [0.1, 0.15) is 24.2 Å². The Labute approximate surface area is 225 Å². The molecule has 4 unspecified atom stereocenters. The number of rotatable bonds is 11. The number of nitrogens with two attached hydrogens (primary N) is 1. The van der Waals surface area contributed by atoms with Crippen molar-refractivity contribution in [1.29, 1.82) is 0 Å². The van der Waals surface area contributed by atoms with Crippen molar-refractivity contribution >= 4 is 34.6 Å². The van der Waals surface area contributed by atoms with Gasteiger partial charge in [-0.05, 0) is 30.0 Å². The second-order valence-electron chi connectivity index (χ2n) is 9.69. The minimum absolute atomic E-state index is 0.0670.